The predicted molar refractivity (Wildman–Crippen MR) is 114 cm³/mol. The van der Waals surface area contributed by atoms with E-state index in [1.807, 2.05) is 36.4 Å². The SMILES string of the molecule is CCCCOc1ccc(/C=C2\SC(=S)N(c3cccc(Cl)c3)C2=O)cc1. The third-order valence-corrected chi connectivity index (χ3v) is 5.34. The van der Waals surface area contributed by atoms with Gasteiger partial charge in [0.15, 0.2) is 4.32 Å². The van der Waals surface area contributed by atoms with Crippen molar-refractivity contribution in [3.8, 4) is 5.75 Å². The van der Waals surface area contributed by atoms with Crippen LogP contribution in [0.4, 0.5) is 5.69 Å². The molecule has 0 aromatic heterocycles. The predicted octanol–water partition coefficient (Wildman–Crippen LogP) is 5.92. The Labute approximate surface area is 168 Å². The molecule has 2 aromatic rings. The number of hydrogen-bond acceptors (Lipinski definition) is 4. The number of unbranched alkanes of at least 4 members (excludes halogenated alkanes) is 1. The maximum atomic E-state index is 12.8. The van der Waals surface area contributed by atoms with Gasteiger partial charge in [0.1, 0.15) is 5.75 Å². The van der Waals surface area contributed by atoms with E-state index in [1.54, 1.807) is 18.2 Å². The number of benzene rings is 2. The van der Waals surface area contributed by atoms with Gasteiger partial charge in [-0.25, -0.2) is 0 Å². The van der Waals surface area contributed by atoms with Gasteiger partial charge in [-0.2, -0.15) is 0 Å². The van der Waals surface area contributed by atoms with Gasteiger partial charge in [-0.1, -0.05) is 67.1 Å². The summed E-state index contributed by atoms with van der Waals surface area (Å²) in [5.41, 5.74) is 1.61. The Morgan fingerprint density at radius 1 is 1.23 bits per heavy atom. The van der Waals surface area contributed by atoms with Crippen molar-refractivity contribution >= 4 is 57.6 Å². The minimum Gasteiger partial charge on any atom is -0.494 e. The maximum absolute atomic E-state index is 12.8. The van der Waals surface area contributed by atoms with Crippen LogP contribution in [0.2, 0.25) is 5.02 Å². The number of thiocarbonyl (C=S) groups is 1. The van der Waals surface area contributed by atoms with E-state index < -0.39 is 0 Å². The van der Waals surface area contributed by atoms with Gasteiger partial charge in [0, 0.05) is 5.02 Å². The summed E-state index contributed by atoms with van der Waals surface area (Å²) < 4.78 is 6.16. The van der Waals surface area contributed by atoms with Crippen molar-refractivity contribution in [2.45, 2.75) is 19.8 Å². The van der Waals surface area contributed by atoms with Crippen molar-refractivity contribution < 1.29 is 9.53 Å². The molecular weight excluding hydrogens is 386 g/mol. The van der Waals surface area contributed by atoms with E-state index in [-0.39, 0.29) is 5.91 Å². The first kappa shape index (κ1) is 19.0. The van der Waals surface area contributed by atoms with Crippen molar-refractivity contribution in [2.24, 2.45) is 0 Å². The summed E-state index contributed by atoms with van der Waals surface area (Å²) in [5, 5.41) is 0.569. The Morgan fingerprint density at radius 2 is 2.00 bits per heavy atom. The topological polar surface area (TPSA) is 29.5 Å². The molecule has 0 unspecified atom stereocenters. The van der Waals surface area contributed by atoms with Crippen molar-refractivity contribution in [1.82, 2.24) is 0 Å². The second-order valence-electron chi connectivity index (χ2n) is 5.77. The number of thioether (sulfide) groups is 1. The molecule has 0 radical (unpaired) electrons. The maximum Gasteiger partial charge on any atom is 0.270 e. The molecule has 0 atom stereocenters. The van der Waals surface area contributed by atoms with E-state index in [2.05, 4.69) is 6.92 Å². The Kier molecular flexibility index (Phi) is 6.35. The number of carbonyl (C=O) groups is 1. The minimum absolute atomic E-state index is 0.134. The fraction of sp³-hybridized carbons (Fsp3) is 0.200. The van der Waals surface area contributed by atoms with Crippen molar-refractivity contribution in [1.29, 1.82) is 0 Å². The van der Waals surface area contributed by atoms with Gasteiger partial charge in [0.2, 0.25) is 0 Å². The number of carbonyl (C=O) groups excluding carboxylic acids is 1. The number of amides is 1. The lowest BCUT2D eigenvalue weighted by Gasteiger charge is -2.14. The molecule has 3 nitrogen and oxygen atoms in total. The van der Waals surface area contributed by atoms with E-state index in [0.717, 1.165) is 24.2 Å². The summed E-state index contributed by atoms with van der Waals surface area (Å²) in [4.78, 5) is 14.9. The second kappa shape index (κ2) is 8.71. The lowest BCUT2D eigenvalue weighted by molar-refractivity contribution is -0.113. The summed E-state index contributed by atoms with van der Waals surface area (Å²) in [6.07, 6.45) is 3.99. The third-order valence-electron chi connectivity index (χ3n) is 3.80. The van der Waals surface area contributed by atoms with Gasteiger partial charge in [-0.05, 0) is 48.4 Å². The number of halogens is 1. The summed E-state index contributed by atoms with van der Waals surface area (Å²) >= 11 is 12.7. The molecule has 0 aliphatic carbocycles. The summed E-state index contributed by atoms with van der Waals surface area (Å²) in [7, 11) is 0. The average Bonchev–Trinajstić information content (AvgIpc) is 2.90. The van der Waals surface area contributed by atoms with Gasteiger partial charge >= 0.3 is 0 Å². The molecule has 1 amide bonds. The first-order valence-electron chi connectivity index (χ1n) is 8.35. The molecule has 1 fully saturated rings. The molecule has 1 aliphatic heterocycles. The highest BCUT2D eigenvalue weighted by Gasteiger charge is 2.33. The Hall–Kier alpha value is -1.82. The molecule has 2 aromatic carbocycles. The molecule has 1 aliphatic rings. The quantitative estimate of drug-likeness (QED) is 0.340. The van der Waals surface area contributed by atoms with Crippen molar-refractivity contribution in [3.63, 3.8) is 0 Å². The molecule has 26 heavy (non-hydrogen) atoms. The van der Waals surface area contributed by atoms with E-state index >= 15 is 0 Å². The number of hydrogen-bond donors (Lipinski definition) is 0. The average molecular weight is 404 g/mol. The summed E-state index contributed by atoms with van der Waals surface area (Å²) in [6, 6.07) is 14.8. The lowest BCUT2D eigenvalue weighted by atomic mass is 10.2. The molecular formula is C20H18ClNO2S2. The van der Waals surface area contributed by atoms with Crippen LogP contribution in [0.1, 0.15) is 25.3 Å². The van der Waals surface area contributed by atoms with E-state index in [1.165, 1.54) is 16.7 Å². The van der Waals surface area contributed by atoms with Crippen LogP contribution in [0.5, 0.6) is 5.75 Å². The van der Waals surface area contributed by atoms with Gasteiger partial charge in [-0.15, -0.1) is 0 Å². The molecule has 134 valence electrons. The van der Waals surface area contributed by atoms with Crippen LogP contribution < -0.4 is 9.64 Å². The van der Waals surface area contributed by atoms with Gasteiger partial charge < -0.3 is 4.74 Å². The van der Waals surface area contributed by atoms with Crippen LogP contribution >= 0.6 is 35.6 Å². The van der Waals surface area contributed by atoms with Crippen LogP contribution in [0.3, 0.4) is 0 Å². The smallest absolute Gasteiger partial charge is 0.270 e. The lowest BCUT2D eigenvalue weighted by Crippen LogP contribution is -2.27. The minimum atomic E-state index is -0.134. The standard InChI is InChI=1S/C20H18ClNO2S2/c1-2-3-11-24-17-9-7-14(8-10-17)12-18-19(23)22(20(25)26-18)16-6-4-5-15(21)13-16/h4-10,12-13H,2-3,11H2,1H3/b18-12-. The number of anilines is 1. The monoisotopic (exact) mass is 403 g/mol. The van der Waals surface area contributed by atoms with E-state index in [4.69, 9.17) is 28.6 Å². The fourth-order valence-corrected chi connectivity index (χ4v) is 3.94. The largest absolute Gasteiger partial charge is 0.494 e. The molecule has 0 bridgehead atoms. The Balaban J connectivity index is 1.75. The molecule has 6 heteroatoms. The molecule has 0 saturated carbocycles. The highest BCUT2D eigenvalue weighted by atomic mass is 35.5. The zero-order valence-electron chi connectivity index (χ0n) is 14.3. The van der Waals surface area contributed by atoms with Gasteiger partial charge in [0.05, 0.1) is 17.2 Å². The Bertz CT molecular complexity index is 849. The second-order valence-corrected chi connectivity index (χ2v) is 7.88. The normalized spacial score (nSPS) is 15.8. The zero-order chi connectivity index (χ0) is 18.5. The fourth-order valence-electron chi connectivity index (χ4n) is 2.45. The molecule has 1 saturated heterocycles. The van der Waals surface area contributed by atoms with Gasteiger partial charge in [0.25, 0.3) is 5.91 Å². The van der Waals surface area contributed by atoms with Crippen LogP contribution in [-0.2, 0) is 4.79 Å². The summed E-state index contributed by atoms with van der Waals surface area (Å²) in [5.74, 6) is 0.701. The van der Waals surface area contributed by atoms with Crippen molar-refractivity contribution in [3.05, 3.63) is 64.0 Å². The highest BCUT2D eigenvalue weighted by Crippen LogP contribution is 2.36. The molecule has 0 N–H and O–H groups in total. The highest BCUT2D eigenvalue weighted by molar-refractivity contribution is 8.27. The van der Waals surface area contributed by atoms with Crippen LogP contribution in [-0.4, -0.2) is 16.8 Å². The number of ether oxygens (including phenoxy) is 1. The van der Waals surface area contributed by atoms with Gasteiger partial charge in [-0.3, -0.25) is 9.69 Å². The van der Waals surface area contributed by atoms with Crippen molar-refractivity contribution in [2.75, 3.05) is 11.5 Å². The van der Waals surface area contributed by atoms with Crippen LogP contribution in [0, 0.1) is 0 Å². The van der Waals surface area contributed by atoms with E-state index in [9.17, 15) is 4.79 Å². The number of nitrogens with zero attached hydrogens (tertiary/aromatic N) is 1. The molecule has 0 spiro atoms. The third kappa shape index (κ3) is 4.47. The summed E-state index contributed by atoms with van der Waals surface area (Å²) in [6.45, 7) is 2.85. The molecule has 3 rings (SSSR count). The number of rotatable bonds is 6. The molecule has 1 heterocycles. The van der Waals surface area contributed by atoms with E-state index in [0.29, 0.717) is 26.5 Å². The zero-order valence-corrected chi connectivity index (χ0v) is 16.7. The van der Waals surface area contributed by atoms with Crippen LogP contribution in [0.15, 0.2) is 53.4 Å². The van der Waals surface area contributed by atoms with Crippen LogP contribution in [0.25, 0.3) is 6.08 Å². The first-order chi connectivity index (χ1) is 12.6. The Morgan fingerprint density at radius 3 is 2.69 bits per heavy atom. The first-order valence-corrected chi connectivity index (χ1v) is 9.95.